The number of hydrogen-bond donors (Lipinski definition) is 3. The van der Waals surface area contributed by atoms with Crippen LogP contribution in [0.25, 0.3) is 0 Å². The molecule has 1 heterocycles. The van der Waals surface area contributed by atoms with Gasteiger partial charge in [0.1, 0.15) is 17.3 Å². The van der Waals surface area contributed by atoms with Gasteiger partial charge in [-0.25, -0.2) is 4.39 Å². The monoisotopic (exact) mass is 422 g/mol. The second-order valence-corrected chi connectivity index (χ2v) is 10.3. The molecule has 1 aliphatic rings. The van der Waals surface area contributed by atoms with Crippen LogP contribution in [0.4, 0.5) is 21.6 Å². The normalized spacial score (nSPS) is 20.4. The second kappa shape index (κ2) is 7.91. The zero-order valence-corrected chi connectivity index (χ0v) is 18.3. The summed E-state index contributed by atoms with van der Waals surface area (Å²) < 4.78 is 42.1. The van der Waals surface area contributed by atoms with E-state index >= 15 is 0 Å². The van der Waals surface area contributed by atoms with Crippen molar-refractivity contribution >= 4 is 27.6 Å². The predicted octanol–water partition coefficient (Wildman–Crippen LogP) is 4.62. The Kier molecular flexibility index (Phi) is 5.87. The predicted molar refractivity (Wildman–Crippen MR) is 116 cm³/mol. The minimum absolute atomic E-state index is 0.186. The maximum Gasteiger partial charge on any atom is 0.314 e. The first-order valence-electron chi connectivity index (χ1n) is 9.76. The summed E-state index contributed by atoms with van der Waals surface area (Å²) in [4.78, 5) is 12.4. The van der Waals surface area contributed by atoms with Crippen molar-refractivity contribution in [3.05, 3.63) is 51.6 Å². The Morgan fingerprint density at radius 1 is 1.28 bits per heavy atom. The number of aryl methyl sites for hydroxylation is 2. The number of nitrogens with zero attached hydrogens (tertiary/aromatic N) is 1. The van der Waals surface area contributed by atoms with Gasteiger partial charge in [0, 0.05) is 24.9 Å². The van der Waals surface area contributed by atoms with Crippen LogP contribution in [0.3, 0.4) is 0 Å². The summed E-state index contributed by atoms with van der Waals surface area (Å²) in [7, 11) is -1.81. The quantitative estimate of drug-likeness (QED) is 0.569. The van der Waals surface area contributed by atoms with E-state index in [4.69, 9.17) is 0 Å². The van der Waals surface area contributed by atoms with Crippen LogP contribution in [0.15, 0.2) is 29.1 Å². The van der Waals surface area contributed by atoms with E-state index < -0.39 is 16.2 Å². The van der Waals surface area contributed by atoms with E-state index in [0.29, 0.717) is 23.6 Å². The molecule has 1 aromatic carbocycles. The lowest BCUT2D eigenvalue weighted by Crippen LogP contribution is -2.30. The van der Waals surface area contributed by atoms with Crippen LogP contribution in [0.5, 0.6) is 0 Å². The topological polar surface area (TPSA) is 83.4 Å². The summed E-state index contributed by atoms with van der Waals surface area (Å²) in [5, 5.41) is 2.59. The molecule has 0 bridgehead atoms. The molecule has 2 aromatic rings. The van der Waals surface area contributed by atoms with Crippen LogP contribution in [-0.2, 0) is 21.7 Å². The lowest BCUT2D eigenvalue weighted by atomic mass is 10.1. The molecule has 1 saturated carbocycles. The van der Waals surface area contributed by atoms with Gasteiger partial charge in [0.05, 0.1) is 5.69 Å². The van der Waals surface area contributed by atoms with Gasteiger partial charge in [-0.3, -0.25) is 9.36 Å². The van der Waals surface area contributed by atoms with Gasteiger partial charge in [0.15, 0.2) is 5.25 Å². The third-order valence-corrected chi connectivity index (χ3v) is 7.18. The number of rotatable bonds is 7. The van der Waals surface area contributed by atoms with Crippen LogP contribution in [0.2, 0.25) is 0 Å². The second-order valence-electron chi connectivity index (χ2n) is 8.40. The minimum Gasteiger partial charge on any atom is -0.337 e. The Labute approximate surface area is 171 Å². The van der Waals surface area contributed by atoms with Crippen LogP contribution in [0.1, 0.15) is 37.8 Å². The molecule has 3 atom stereocenters. The van der Waals surface area contributed by atoms with Gasteiger partial charge in [-0.2, -0.15) is 9.27 Å². The molecule has 1 fully saturated rings. The highest BCUT2D eigenvalue weighted by Crippen LogP contribution is 2.45. The number of halogens is 1. The van der Waals surface area contributed by atoms with Crippen LogP contribution >= 0.6 is 0 Å². The van der Waals surface area contributed by atoms with Crippen molar-refractivity contribution in [3.8, 4) is 0 Å². The van der Waals surface area contributed by atoms with Crippen molar-refractivity contribution in [2.24, 2.45) is 18.9 Å². The van der Waals surface area contributed by atoms with Crippen molar-refractivity contribution in [1.29, 1.82) is 0 Å². The van der Waals surface area contributed by atoms with Gasteiger partial charge in [-0.15, -0.1) is 0 Å². The maximum atomic E-state index is 14.4. The highest BCUT2D eigenvalue weighted by Gasteiger charge is 2.56. The first kappa shape index (κ1) is 21.5. The fourth-order valence-corrected chi connectivity index (χ4v) is 5.43. The standard InChI is InChI=1S/C21H28FN3O3S/c1-12(2)8-15-11-19(15)29(27,28)24-18-10-14(4)21(26)25(5)20(18)23-17-7-6-13(3)9-16(17)22/h6-7,9-10,12,15,19H,8,11H2,1-5H3,(H2-,23,24,26,27,28)/p+1. The van der Waals surface area contributed by atoms with Gasteiger partial charge in [-0.05, 0) is 54.2 Å². The molecule has 3 unspecified atom stereocenters. The molecule has 0 saturated heterocycles. The molecule has 3 N–H and O–H groups in total. The highest BCUT2D eigenvalue weighted by atomic mass is 32.3. The van der Waals surface area contributed by atoms with E-state index in [9.17, 15) is 17.9 Å². The van der Waals surface area contributed by atoms with Gasteiger partial charge >= 0.3 is 10.4 Å². The van der Waals surface area contributed by atoms with Crippen molar-refractivity contribution in [2.45, 2.75) is 45.8 Å². The largest absolute Gasteiger partial charge is 0.337 e. The molecule has 0 amide bonds. The molecule has 3 rings (SSSR count). The molecule has 0 spiro atoms. The van der Waals surface area contributed by atoms with Crippen LogP contribution < -0.4 is 15.6 Å². The highest BCUT2D eigenvalue weighted by molar-refractivity contribution is 7.99. The first-order valence-corrected chi connectivity index (χ1v) is 11.3. The van der Waals surface area contributed by atoms with Gasteiger partial charge in [0.25, 0.3) is 5.56 Å². The molecular weight excluding hydrogens is 393 g/mol. The Morgan fingerprint density at radius 2 is 1.97 bits per heavy atom. The molecule has 0 aliphatic heterocycles. The zero-order valence-electron chi connectivity index (χ0n) is 17.5. The number of benzene rings is 1. The SMILES string of the molecule is Cc1ccc(Nc2c(N[S+](=O)(O)C3CC3CC(C)C)cc(C)c(=O)n2C)c(F)c1. The number of aromatic nitrogens is 1. The average molecular weight is 423 g/mol. The summed E-state index contributed by atoms with van der Waals surface area (Å²) in [5.74, 6) is 0.445. The van der Waals surface area contributed by atoms with Crippen LogP contribution in [-0.4, -0.2) is 14.4 Å². The van der Waals surface area contributed by atoms with Crippen molar-refractivity contribution in [3.63, 3.8) is 0 Å². The van der Waals surface area contributed by atoms with E-state index in [-0.39, 0.29) is 28.2 Å². The van der Waals surface area contributed by atoms with Crippen molar-refractivity contribution < 1.29 is 13.2 Å². The molecule has 8 heteroatoms. The van der Waals surface area contributed by atoms with Gasteiger partial charge in [0.2, 0.25) is 0 Å². The fourth-order valence-electron chi connectivity index (χ4n) is 3.67. The van der Waals surface area contributed by atoms with Crippen molar-refractivity contribution in [2.75, 3.05) is 10.0 Å². The van der Waals surface area contributed by atoms with E-state index in [1.54, 1.807) is 33.0 Å². The Bertz CT molecular complexity index is 1030. The zero-order chi connectivity index (χ0) is 21.5. The van der Waals surface area contributed by atoms with Crippen LogP contribution in [0, 0.1) is 31.5 Å². The lowest BCUT2D eigenvalue weighted by molar-refractivity contribution is 0.491. The summed E-state index contributed by atoms with van der Waals surface area (Å²) >= 11 is 0. The lowest BCUT2D eigenvalue weighted by Gasteiger charge is -2.18. The van der Waals surface area contributed by atoms with Gasteiger partial charge in [-0.1, -0.05) is 19.9 Å². The molecule has 158 valence electrons. The molecule has 29 heavy (non-hydrogen) atoms. The Balaban J connectivity index is 1.94. The third-order valence-electron chi connectivity index (χ3n) is 5.27. The van der Waals surface area contributed by atoms with E-state index in [2.05, 4.69) is 23.9 Å². The minimum atomic E-state index is -3.36. The molecule has 6 nitrogen and oxygen atoms in total. The maximum absolute atomic E-state index is 14.4. The van der Waals surface area contributed by atoms with E-state index in [1.807, 2.05) is 0 Å². The summed E-state index contributed by atoms with van der Waals surface area (Å²) in [5.41, 5.74) is 1.42. The molecular formula is C21H29FN3O3S+. The number of pyridine rings is 1. The summed E-state index contributed by atoms with van der Waals surface area (Å²) in [6, 6.07) is 6.25. The third kappa shape index (κ3) is 4.70. The first-order chi connectivity index (χ1) is 13.5. The van der Waals surface area contributed by atoms with E-state index in [1.165, 1.54) is 16.7 Å². The smallest absolute Gasteiger partial charge is 0.314 e. The Hall–Kier alpha value is -2.19. The number of anilines is 3. The van der Waals surface area contributed by atoms with E-state index in [0.717, 1.165) is 12.0 Å². The summed E-state index contributed by atoms with van der Waals surface area (Å²) in [6.45, 7) is 7.61. The molecule has 0 radical (unpaired) electrons. The molecule has 1 aromatic heterocycles. The van der Waals surface area contributed by atoms with Crippen molar-refractivity contribution in [1.82, 2.24) is 4.57 Å². The fraction of sp³-hybridized carbons (Fsp3) is 0.476. The Morgan fingerprint density at radius 3 is 2.59 bits per heavy atom. The number of nitrogens with one attached hydrogen (secondary N) is 2. The molecule has 1 aliphatic carbocycles. The average Bonchev–Trinajstić information content (AvgIpc) is 3.37. The number of hydrogen-bond acceptors (Lipinski definition) is 3. The van der Waals surface area contributed by atoms with Gasteiger partial charge < -0.3 is 5.32 Å². The summed E-state index contributed by atoms with van der Waals surface area (Å²) in [6.07, 6.45) is 1.59.